The van der Waals surface area contributed by atoms with Crippen molar-refractivity contribution >= 4 is 17.6 Å². The van der Waals surface area contributed by atoms with Crippen LogP contribution in [-0.4, -0.2) is 18.5 Å². The van der Waals surface area contributed by atoms with Crippen molar-refractivity contribution in [1.29, 1.82) is 0 Å². The van der Waals surface area contributed by atoms with Crippen LogP contribution in [0.25, 0.3) is 0 Å². The van der Waals surface area contributed by atoms with Crippen molar-refractivity contribution in [2.45, 2.75) is 13.8 Å². The number of nitrogen functional groups attached to an aromatic ring is 1. The van der Waals surface area contributed by atoms with Gasteiger partial charge in [-0.25, -0.2) is 4.79 Å². The first-order chi connectivity index (χ1) is 7.91. The first kappa shape index (κ1) is 13.0. The Kier molecular flexibility index (Phi) is 4.09. The van der Waals surface area contributed by atoms with Gasteiger partial charge in [0.05, 0.1) is 11.5 Å². The summed E-state index contributed by atoms with van der Waals surface area (Å²) >= 11 is 0. The monoisotopic (exact) mass is 236 g/mol. The normalized spacial score (nSPS) is 11.9. The quantitative estimate of drug-likeness (QED) is 0.598. The van der Waals surface area contributed by atoms with Crippen LogP contribution in [0.1, 0.15) is 22.8 Å². The molecule has 0 aliphatic rings. The number of hydrogen-bond donors (Lipinski definition) is 2. The van der Waals surface area contributed by atoms with Crippen LogP contribution < -0.4 is 11.5 Å². The Labute approximate surface area is 99.7 Å². The van der Waals surface area contributed by atoms with Crippen molar-refractivity contribution < 1.29 is 14.3 Å². The molecule has 0 saturated carbocycles. The first-order valence-corrected chi connectivity index (χ1v) is 5.24. The molecule has 17 heavy (non-hydrogen) atoms. The van der Waals surface area contributed by atoms with Crippen LogP contribution in [0.3, 0.4) is 0 Å². The fourth-order valence-electron chi connectivity index (χ4n) is 1.21. The van der Waals surface area contributed by atoms with E-state index in [9.17, 15) is 9.59 Å². The highest BCUT2D eigenvalue weighted by molar-refractivity contribution is 5.95. The molecule has 4 N–H and O–H groups in total. The molecule has 5 nitrogen and oxygen atoms in total. The molecule has 0 aliphatic carbocycles. The largest absolute Gasteiger partial charge is 0.461 e. The van der Waals surface area contributed by atoms with Gasteiger partial charge in [0.2, 0.25) is 5.91 Å². The Hall–Kier alpha value is -2.04. The third-order valence-electron chi connectivity index (χ3n) is 2.38. The van der Waals surface area contributed by atoms with E-state index in [2.05, 4.69) is 0 Å². The lowest BCUT2D eigenvalue weighted by molar-refractivity contribution is -0.122. The summed E-state index contributed by atoms with van der Waals surface area (Å²) in [5, 5.41) is 0. The summed E-state index contributed by atoms with van der Waals surface area (Å²) in [4.78, 5) is 22.5. The van der Waals surface area contributed by atoms with Gasteiger partial charge < -0.3 is 16.2 Å². The van der Waals surface area contributed by atoms with E-state index in [0.29, 0.717) is 11.3 Å². The number of primary amides is 1. The van der Waals surface area contributed by atoms with Crippen LogP contribution in [0.15, 0.2) is 18.2 Å². The summed E-state index contributed by atoms with van der Waals surface area (Å²) in [6.45, 7) is 3.40. The highest BCUT2D eigenvalue weighted by Crippen LogP contribution is 2.15. The van der Waals surface area contributed by atoms with E-state index < -0.39 is 17.8 Å². The molecule has 0 heterocycles. The zero-order chi connectivity index (χ0) is 13.0. The predicted octanol–water partition coefficient (Wildman–Crippen LogP) is 0.855. The molecule has 0 aliphatic heterocycles. The predicted molar refractivity (Wildman–Crippen MR) is 64.2 cm³/mol. The number of carbonyl (C=O) groups is 2. The molecule has 0 fully saturated rings. The molecule has 92 valence electrons. The fourth-order valence-corrected chi connectivity index (χ4v) is 1.21. The van der Waals surface area contributed by atoms with Gasteiger partial charge >= 0.3 is 5.97 Å². The Balaban J connectivity index is 2.70. The Morgan fingerprint density at radius 2 is 2.06 bits per heavy atom. The number of aryl methyl sites for hydroxylation is 1. The molecule has 0 saturated heterocycles. The van der Waals surface area contributed by atoms with Crippen LogP contribution in [-0.2, 0) is 9.53 Å². The number of rotatable bonds is 4. The molecule has 0 bridgehead atoms. The molecule has 1 amide bonds. The van der Waals surface area contributed by atoms with E-state index in [4.69, 9.17) is 16.2 Å². The molecule has 1 atom stereocenters. The average molecular weight is 236 g/mol. The molecular weight excluding hydrogens is 220 g/mol. The van der Waals surface area contributed by atoms with Crippen molar-refractivity contribution in [1.82, 2.24) is 0 Å². The maximum absolute atomic E-state index is 11.7. The molecular formula is C12H16N2O3. The van der Waals surface area contributed by atoms with Crippen molar-refractivity contribution in [3.63, 3.8) is 0 Å². The second-order valence-corrected chi connectivity index (χ2v) is 3.99. The van der Waals surface area contributed by atoms with E-state index in [-0.39, 0.29) is 6.61 Å². The third kappa shape index (κ3) is 3.48. The SMILES string of the molecule is Cc1ccc(N)c(C(=O)OCC(C)C(N)=O)c1. The lowest BCUT2D eigenvalue weighted by atomic mass is 10.1. The standard InChI is InChI=1S/C12H16N2O3/c1-7-3-4-10(13)9(5-7)12(16)17-6-8(2)11(14)15/h3-5,8H,6,13H2,1-2H3,(H2,14,15). The van der Waals surface area contributed by atoms with Crippen LogP contribution in [0, 0.1) is 12.8 Å². The molecule has 1 aromatic rings. The Morgan fingerprint density at radius 3 is 2.65 bits per heavy atom. The molecule has 0 spiro atoms. The zero-order valence-electron chi connectivity index (χ0n) is 9.90. The summed E-state index contributed by atoms with van der Waals surface area (Å²) in [6, 6.07) is 5.09. The summed E-state index contributed by atoms with van der Waals surface area (Å²) in [5.41, 5.74) is 12.3. The number of ether oxygens (including phenoxy) is 1. The number of hydrogen-bond acceptors (Lipinski definition) is 4. The summed E-state index contributed by atoms with van der Waals surface area (Å²) in [6.07, 6.45) is 0. The van der Waals surface area contributed by atoms with Gasteiger partial charge in [-0.1, -0.05) is 18.6 Å². The number of esters is 1. The summed E-state index contributed by atoms with van der Waals surface area (Å²) in [5.74, 6) is -1.56. The molecule has 1 aromatic carbocycles. The fraction of sp³-hybridized carbons (Fsp3) is 0.333. The molecule has 1 unspecified atom stereocenters. The number of nitrogens with two attached hydrogens (primary N) is 2. The minimum absolute atomic E-state index is 0.0401. The van der Waals surface area contributed by atoms with E-state index >= 15 is 0 Å². The maximum Gasteiger partial charge on any atom is 0.340 e. The van der Waals surface area contributed by atoms with Crippen molar-refractivity contribution in [3.05, 3.63) is 29.3 Å². The minimum atomic E-state index is -0.542. The Morgan fingerprint density at radius 1 is 1.41 bits per heavy atom. The minimum Gasteiger partial charge on any atom is -0.461 e. The Bertz CT molecular complexity index is 443. The lowest BCUT2D eigenvalue weighted by Gasteiger charge is -2.10. The van der Waals surface area contributed by atoms with Gasteiger partial charge in [-0.05, 0) is 19.1 Å². The third-order valence-corrected chi connectivity index (χ3v) is 2.38. The second kappa shape index (κ2) is 5.34. The van der Waals surface area contributed by atoms with Gasteiger partial charge in [0.25, 0.3) is 0 Å². The van der Waals surface area contributed by atoms with Crippen molar-refractivity contribution in [3.8, 4) is 0 Å². The molecule has 0 aromatic heterocycles. The van der Waals surface area contributed by atoms with Crippen LogP contribution in [0.4, 0.5) is 5.69 Å². The van der Waals surface area contributed by atoms with Crippen LogP contribution in [0.5, 0.6) is 0 Å². The van der Waals surface area contributed by atoms with Crippen LogP contribution in [0.2, 0.25) is 0 Å². The van der Waals surface area contributed by atoms with Crippen molar-refractivity contribution in [2.24, 2.45) is 11.7 Å². The smallest absolute Gasteiger partial charge is 0.340 e. The van der Waals surface area contributed by atoms with Gasteiger partial charge in [-0.15, -0.1) is 0 Å². The highest BCUT2D eigenvalue weighted by atomic mass is 16.5. The highest BCUT2D eigenvalue weighted by Gasteiger charge is 2.15. The van der Waals surface area contributed by atoms with Crippen molar-refractivity contribution in [2.75, 3.05) is 12.3 Å². The first-order valence-electron chi connectivity index (χ1n) is 5.24. The van der Waals surface area contributed by atoms with E-state index in [0.717, 1.165) is 5.56 Å². The van der Waals surface area contributed by atoms with Crippen LogP contribution >= 0.6 is 0 Å². The number of benzene rings is 1. The summed E-state index contributed by atoms with van der Waals surface area (Å²) < 4.78 is 4.97. The van der Waals surface area contributed by atoms with E-state index in [1.807, 2.05) is 6.92 Å². The average Bonchev–Trinajstić information content (AvgIpc) is 2.28. The topological polar surface area (TPSA) is 95.4 Å². The lowest BCUT2D eigenvalue weighted by Crippen LogP contribution is -2.26. The molecule has 5 heteroatoms. The number of anilines is 1. The van der Waals surface area contributed by atoms with Gasteiger partial charge in [0.15, 0.2) is 0 Å². The van der Waals surface area contributed by atoms with Gasteiger partial charge in [0.1, 0.15) is 6.61 Å². The molecule has 1 rings (SSSR count). The zero-order valence-corrected chi connectivity index (χ0v) is 9.90. The maximum atomic E-state index is 11.7. The number of amides is 1. The van der Waals surface area contributed by atoms with Gasteiger partial charge in [-0.2, -0.15) is 0 Å². The van der Waals surface area contributed by atoms with Gasteiger partial charge in [0, 0.05) is 5.69 Å². The number of carbonyl (C=O) groups excluding carboxylic acids is 2. The van der Waals surface area contributed by atoms with E-state index in [1.165, 1.54) is 0 Å². The van der Waals surface area contributed by atoms with E-state index in [1.54, 1.807) is 25.1 Å². The molecule has 0 radical (unpaired) electrons. The second-order valence-electron chi connectivity index (χ2n) is 3.99. The summed E-state index contributed by atoms with van der Waals surface area (Å²) in [7, 11) is 0. The van der Waals surface area contributed by atoms with Gasteiger partial charge in [-0.3, -0.25) is 4.79 Å².